The molecule has 19 heavy (non-hydrogen) atoms. The number of carbonyl (C=O) groups is 1. The molecule has 1 aliphatic carbocycles. The fourth-order valence-electron chi connectivity index (χ4n) is 2.63. The van der Waals surface area contributed by atoms with Gasteiger partial charge in [-0.25, -0.2) is 0 Å². The number of hydrogen-bond donors (Lipinski definition) is 0. The standard InChI is InChI=1S/C17H15IO/c18-16-8-4-12(5-9-16)10-17(19)15-7-6-13-2-1-3-14(13)11-15/h4-9,11H,1-3,10H2. The van der Waals surface area contributed by atoms with Crippen molar-refractivity contribution >= 4 is 28.4 Å². The Morgan fingerprint density at radius 2 is 1.74 bits per heavy atom. The Morgan fingerprint density at radius 3 is 2.53 bits per heavy atom. The molecular formula is C17H15IO. The lowest BCUT2D eigenvalue weighted by Crippen LogP contribution is -2.04. The average molecular weight is 362 g/mol. The van der Waals surface area contributed by atoms with Crippen molar-refractivity contribution in [3.8, 4) is 0 Å². The molecule has 0 atom stereocenters. The number of benzene rings is 2. The van der Waals surface area contributed by atoms with Crippen molar-refractivity contribution in [2.45, 2.75) is 25.7 Å². The Balaban J connectivity index is 1.78. The topological polar surface area (TPSA) is 17.1 Å². The third kappa shape index (κ3) is 2.89. The van der Waals surface area contributed by atoms with E-state index in [9.17, 15) is 4.79 Å². The SMILES string of the molecule is O=C(Cc1ccc(I)cc1)c1ccc2c(c1)CCC2. The molecule has 0 unspecified atom stereocenters. The smallest absolute Gasteiger partial charge is 0.167 e. The summed E-state index contributed by atoms with van der Waals surface area (Å²) in [4.78, 5) is 12.3. The van der Waals surface area contributed by atoms with E-state index in [1.807, 2.05) is 30.3 Å². The molecular weight excluding hydrogens is 347 g/mol. The van der Waals surface area contributed by atoms with Crippen molar-refractivity contribution in [2.24, 2.45) is 0 Å². The normalized spacial score (nSPS) is 13.3. The Bertz CT molecular complexity index is 614. The van der Waals surface area contributed by atoms with Crippen molar-refractivity contribution in [1.82, 2.24) is 0 Å². The Morgan fingerprint density at radius 1 is 1.00 bits per heavy atom. The van der Waals surface area contributed by atoms with Gasteiger partial charge in [0, 0.05) is 15.6 Å². The molecule has 0 heterocycles. The van der Waals surface area contributed by atoms with Gasteiger partial charge in [0.2, 0.25) is 0 Å². The first-order chi connectivity index (χ1) is 9.22. The van der Waals surface area contributed by atoms with E-state index in [0.717, 1.165) is 17.5 Å². The van der Waals surface area contributed by atoms with Crippen molar-refractivity contribution < 1.29 is 4.79 Å². The molecule has 0 spiro atoms. The van der Waals surface area contributed by atoms with Gasteiger partial charge in [0.1, 0.15) is 0 Å². The van der Waals surface area contributed by atoms with E-state index in [-0.39, 0.29) is 5.78 Å². The highest BCUT2D eigenvalue weighted by Crippen LogP contribution is 2.23. The van der Waals surface area contributed by atoms with Gasteiger partial charge in [-0.3, -0.25) is 4.79 Å². The molecule has 0 aromatic heterocycles. The van der Waals surface area contributed by atoms with Gasteiger partial charge < -0.3 is 0 Å². The maximum absolute atomic E-state index is 12.3. The first kappa shape index (κ1) is 12.9. The molecule has 2 aromatic carbocycles. The molecule has 0 amide bonds. The number of carbonyl (C=O) groups excluding carboxylic acids is 1. The van der Waals surface area contributed by atoms with Gasteiger partial charge >= 0.3 is 0 Å². The molecule has 2 aromatic rings. The van der Waals surface area contributed by atoms with Crippen LogP contribution < -0.4 is 0 Å². The van der Waals surface area contributed by atoms with E-state index >= 15 is 0 Å². The van der Waals surface area contributed by atoms with Gasteiger partial charge in [-0.2, -0.15) is 0 Å². The quantitative estimate of drug-likeness (QED) is 0.591. The van der Waals surface area contributed by atoms with Crippen molar-refractivity contribution in [3.05, 3.63) is 68.3 Å². The largest absolute Gasteiger partial charge is 0.294 e. The number of hydrogen-bond acceptors (Lipinski definition) is 1. The second-order valence-electron chi connectivity index (χ2n) is 5.06. The zero-order chi connectivity index (χ0) is 13.2. The van der Waals surface area contributed by atoms with Gasteiger partial charge in [0.15, 0.2) is 5.78 Å². The molecule has 3 rings (SSSR count). The minimum atomic E-state index is 0.218. The summed E-state index contributed by atoms with van der Waals surface area (Å²) in [7, 11) is 0. The molecule has 96 valence electrons. The van der Waals surface area contributed by atoms with Crippen molar-refractivity contribution in [1.29, 1.82) is 0 Å². The van der Waals surface area contributed by atoms with Crippen LogP contribution in [0.2, 0.25) is 0 Å². The second-order valence-corrected chi connectivity index (χ2v) is 6.31. The average Bonchev–Trinajstić information content (AvgIpc) is 2.88. The minimum absolute atomic E-state index is 0.218. The number of ketones is 1. The Hall–Kier alpha value is -1.16. The van der Waals surface area contributed by atoms with Gasteiger partial charge in [-0.15, -0.1) is 0 Å². The second kappa shape index (κ2) is 5.45. The van der Waals surface area contributed by atoms with E-state index in [0.29, 0.717) is 6.42 Å². The molecule has 0 bridgehead atoms. The predicted octanol–water partition coefficient (Wildman–Crippen LogP) is 4.21. The predicted molar refractivity (Wildman–Crippen MR) is 85.7 cm³/mol. The summed E-state index contributed by atoms with van der Waals surface area (Å²) in [6.45, 7) is 0. The van der Waals surface area contributed by atoms with Crippen LogP contribution in [-0.2, 0) is 19.3 Å². The Labute approximate surface area is 127 Å². The molecule has 1 aliphatic rings. The summed E-state index contributed by atoms with van der Waals surface area (Å²) in [5, 5.41) is 0. The molecule has 0 saturated heterocycles. The van der Waals surface area contributed by atoms with Gasteiger partial charge in [0.25, 0.3) is 0 Å². The number of fused-ring (bicyclic) bond motifs is 1. The van der Waals surface area contributed by atoms with Crippen LogP contribution >= 0.6 is 22.6 Å². The van der Waals surface area contributed by atoms with E-state index < -0.39 is 0 Å². The molecule has 0 N–H and O–H groups in total. The van der Waals surface area contributed by atoms with Crippen molar-refractivity contribution in [3.63, 3.8) is 0 Å². The zero-order valence-electron chi connectivity index (χ0n) is 10.7. The van der Waals surface area contributed by atoms with Crippen molar-refractivity contribution in [2.75, 3.05) is 0 Å². The van der Waals surface area contributed by atoms with E-state index in [2.05, 4.69) is 34.7 Å². The van der Waals surface area contributed by atoms with Crippen LogP contribution in [0.5, 0.6) is 0 Å². The first-order valence-corrected chi connectivity index (χ1v) is 7.70. The first-order valence-electron chi connectivity index (χ1n) is 6.62. The van der Waals surface area contributed by atoms with E-state index in [1.54, 1.807) is 0 Å². The highest BCUT2D eigenvalue weighted by molar-refractivity contribution is 14.1. The molecule has 0 aliphatic heterocycles. The molecule has 0 fully saturated rings. The van der Waals surface area contributed by atoms with Crippen LogP contribution in [0.25, 0.3) is 0 Å². The third-order valence-corrected chi connectivity index (χ3v) is 4.42. The molecule has 2 heteroatoms. The lowest BCUT2D eigenvalue weighted by Gasteiger charge is -2.05. The van der Waals surface area contributed by atoms with Crippen LogP contribution in [0.3, 0.4) is 0 Å². The summed E-state index contributed by atoms with van der Waals surface area (Å²) in [6, 6.07) is 14.4. The van der Waals surface area contributed by atoms with E-state index in [4.69, 9.17) is 0 Å². The van der Waals surface area contributed by atoms with E-state index in [1.165, 1.54) is 27.5 Å². The fourth-order valence-corrected chi connectivity index (χ4v) is 2.99. The highest BCUT2D eigenvalue weighted by atomic mass is 127. The summed E-state index contributed by atoms with van der Waals surface area (Å²) >= 11 is 2.28. The lowest BCUT2D eigenvalue weighted by atomic mass is 9.99. The Kier molecular flexibility index (Phi) is 3.69. The van der Waals surface area contributed by atoms with Crippen LogP contribution in [0, 0.1) is 3.57 Å². The summed E-state index contributed by atoms with van der Waals surface area (Å²) in [6.07, 6.45) is 4.01. The summed E-state index contributed by atoms with van der Waals surface area (Å²) in [5.41, 5.74) is 4.74. The number of rotatable bonds is 3. The van der Waals surface area contributed by atoms with Crippen LogP contribution in [0.4, 0.5) is 0 Å². The maximum atomic E-state index is 12.3. The number of Topliss-reactive ketones (excluding diaryl/α,β-unsaturated/α-hetero) is 1. The van der Waals surface area contributed by atoms with Crippen LogP contribution in [-0.4, -0.2) is 5.78 Å². The molecule has 0 radical (unpaired) electrons. The maximum Gasteiger partial charge on any atom is 0.167 e. The van der Waals surface area contributed by atoms with Gasteiger partial charge in [-0.05, 0) is 76.7 Å². The fraction of sp³-hybridized carbons (Fsp3) is 0.235. The summed E-state index contributed by atoms with van der Waals surface area (Å²) in [5.74, 6) is 0.218. The number of aryl methyl sites for hydroxylation is 2. The van der Waals surface area contributed by atoms with Crippen LogP contribution in [0.15, 0.2) is 42.5 Å². The molecule has 1 nitrogen and oxygen atoms in total. The minimum Gasteiger partial charge on any atom is -0.294 e. The monoisotopic (exact) mass is 362 g/mol. The van der Waals surface area contributed by atoms with Crippen LogP contribution in [0.1, 0.15) is 33.5 Å². The highest BCUT2D eigenvalue weighted by Gasteiger charge is 2.14. The molecule has 0 saturated carbocycles. The van der Waals surface area contributed by atoms with Gasteiger partial charge in [-0.1, -0.05) is 24.3 Å². The lowest BCUT2D eigenvalue weighted by molar-refractivity contribution is 0.0993. The third-order valence-electron chi connectivity index (χ3n) is 3.70. The van der Waals surface area contributed by atoms with Gasteiger partial charge in [0.05, 0.1) is 0 Å². The zero-order valence-corrected chi connectivity index (χ0v) is 12.8. The number of halogens is 1. The summed E-state index contributed by atoms with van der Waals surface area (Å²) < 4.78 is 1.20.